The Balaban J connectivity index is 2.49. The number of unbranched alkanes of at least 4 members (excludes halogenated alkanes) is 3. The zero-order valence-corrected chi connectivity index (χ0v) is 12.8. The highest BCUT2D eigenvalue weighted by Crippen LogP contribution is 2.13. The van der Waals surface area contributed by atoms with E-state index in [2.05, 4.69) is 12.1 Å². The summed E-state index contributed by atoms with van der Waals surface area (Å²) < 4.78 is 19.2. The molecule has 3 N–H and O–H groups in total. The highest BCUT2D eigenvalue weighted by molar-refractivity contribution is 5.97. The lowest BCUT2D eigenvalue weighted by Gasteiger charge is -2.13. The fourth-order valence-electron chi connectivity index (χ4n) is 2.12. The van der Waals surface area contributed by atoms with Crippen LogP contribution in [0.2, 0.25) is 0 Å². The molecule has 1 aromatic rings. The van der Waals surface area contributed by atoms with E-state index in [-0.39, 0.29) is 11.9 Å². The summed E-state index contributed by atoms with van der Waals surface area (Å²) in [5.41, 5.74) is 6.51. The first-order valence-corrected chi connectivity index (χ1v) is 7.45. The number of benzene rings is 1. The van der Waals surface area contributed by atoms with Gasteiger partial charge >= 0.3 is 0 Å². The van der Waals surface area contributed by atoms with E-state index in [1.54, 1.807) is 6.07 Å². The summed E-state index contributed by atoms with van der Waals surface area (Å²) in [6.45, 7) is 4.52. The van der Waals surface area contributed by atoms with Crippen molar-refractivity contribution >= 4 is 5.84 Å². The number of ether oxygens (including phenoxy) is 1. The first-order chi connectivity index (χ1) is 10.1. The molecule has 0 aromatic heterocycles. The molecule has 1 aromatic carbocycles. The molecule has 0 saturated carbocycles. The lowest BCUT2D eigenvalue weighted by atomic mass is 10.1. The number of hydrogen-bond donors (Lipinski definition) is 2. The van der Waals surface area contributed by atoms with Crippen LogP contribution in [0.3, 0.4) is 0 Å². The molecule has 0 aliphatic rings. The van der Waals surface area contributed by atoms with Crippen LogP contribution in [0, 0.1) is 5.82 Å². The van der Waals surface area contributed by atoms with E-state index >= 15 is 0 Å². The first-order valence-electron chi connectivity index (χ1n) is 7.45. The predicted molar refractivity (Wildman–Crippen MR) is 81.9 cm³/mol. The van der Waals surface area contributed by atoms with Gasteiger partial charge < -0.3 is 15.7 Å². The molecule has 0 saturated heterocycles. The van der Waals surface area contributed by atoms with Crippen molar-refractivity contribution in [2.75, 3.05) is 0 Å². The molecular formula is C16H25FN2O2. The molecule has 0 fully saturated rings. The zero-order chi connectivity index (χ0) is 15.7. The minimum atomic E-state index is -0.423. The maximum Gasteiger partial charge on any atom is 0.170 e. The largest absolute Gasteiger partial charge is 0.409 e. The van der Waals surface area contributed by atoms with E-state index in [9.17, 15) is 4.39 Å². The number of hydrogen-bond acceptors (Lipinski definition) is 3. The molecular weight excluding hydrogens is 271 g/mol. The van der Waals surface area contributed by atoms with Crippen molar-refractivity contribution in [3.05, 3.63) is 35.1 Å². The van der Waals surface area contributed by atoms with Crippen molar-refractivity contribution in [3.63, 3.8) is 0 Å². The minimum absolute atomic E-state index is 0.108. The summed E-state index contributed by atoms with van der Waals surface area (Å²) in [6.07, 6.45) is 5.97. The number of nitrogens with two attached hydrogens (primary N) is 1. The normalized spacial score (nSPS) is 13.4. The Morgan fingerprint density at radius 3 is 2.76 bits per heavy atom. The van der Waals surface area contributed by atoms with E-state index < -0.39 is 5.82 Å². The van der Waals surface area contributed by atoms with E-state index in [0.717, 1.165) is 12.8 Å². The minimum Gasteiger partial charge on any atom is -0.409 e. The Labute approximate surface area is 125 Å². The molecule has 0 aliphatic heterocycles. The summed E-state index contributed by atoms with van der Waals surface area (Å²) in [5, 5.41) is 11.5. The van der Waals surface area contributed by atoms with Gasteiger partial charge in [0.05, 0.1) is 12.7 Å². The smallest absolute Gasteiger partial charge is 0.170 e. The van der Waals surface area contributed by atoms with E-state index in [0.29, 0.717) is 17.7 Å². The van der Waals surface area contributed by atoms with Crippen LogP contribution in [0.1, 0.15) is 57.1 Å². The molecule has 118 valence electrons. The number of amidine groups is 1. The van der Waals surface area contributed by atoms with Gasteiger partial charge in [0.2, 0.25) is 0 Å². The predicted octanol–water partition coefficient (Wildman–Crippen LogP) is 3.80. The molecule has 0 amide bonds. The van der Waals surface area contributed by atoms with Gasteiger partial charge in [0.25, 0.3) is 0 Å². The molecule has 21 heavy (non-hydrogen) atoms. The lowest BCUT2D eigenvalue weighted by Crippen LogP contribution is -2.14. The molecule has 5 heteroatoms. The summed E-state index contributed by atoms with van der Waals surface area (Å²) in [6, 6.07) is 4.30. The monoisotopic (exact) mass is 296 g/mol. The average Bonchev–Trinajstić information content (AvgIpc) is 2.48. The van der Waals surface area contributed by atoms with Gasteiger partial charge in [-0.2, -0.15) is 0 Å². The standard InChI is InChI=1S/C16H25FN2O2/c1-3-4-5-6-7-12(2)21-11-13-8-14(16(18)19-20)10-15(17)9-13/h8-10,12,20H,3-7,11H2,1-2H3,(H2,18,19). The van der Waals surface area contributed by atoms with Gasteiger partial charge in [-0.3, -0.25) is 0 Å². The average molecular weight is 296 g/mol. The molecule has 0 heterocycles. The molecule has 1 rings (SSSR count). The second-order valence-corrected chi connectivity index (χ2v) is 5.30. The lowest BCUT2D eigenvalue weighted by molar-refractivity contribution is 0.0457. The molecule has 1 unspecified atom stereocenters. The van der Waals surface area contributed by atoms with Crippen molar-refractivity contribution < 1.29 is 14.3 Å². The highest BCUT2D eigenvalue weighted by Gasteiger charge is 2.07. The van der Waals surface area contributed by atoms with Crippen LogP contribution in [-0.2, 0) is 11.3 Å². The van der Waals surface area contributed by atoms with Crippen LogP contribution in [0.5, 0.6) is 0 Å². The van der Waals surface area contributed by atoms with E-state index in [1.165, 1.54) is 31.4 Å². The van der Waals surface area contributed by atoms with Crippen LogP contribution < -0.4 is 5.73 Å². The van der Waals surface area contributed by atoms with Crippen molar-refractivity contribution in [2.45, 2.75) is 58.7 Å². The van der Waals surface area contributed by atoms with Gasteiger partial charge in [0, 0.05) is 5.56 Å². The van der Waals surface area contributed by atoms with Crippen molar-refractivity contribution in [2.24, 2.45) is 10.9 Å². The van der Waals surface area contributed by atoms with Crippen LogP contribution in [0.4, 0.5) is 4.39 Å². The van der Waals surface area contributed by atoms with Gasteiger partial charge in [0.1, 0.15) is 5.82 Å². The second-order valence-electron chi connectivity index (χ2n) is 5.30. The van der Waals surface area contributed by atoms with Crippen LogP contribution in [-0.4, -0.2) is 17.1 Å². The fourth-order valence-corrected chi connectivity index (χ4v) is 2.12. The van der Waals surface area contributed by atoms with Gasteiger partial charge in [0.15, 0.2) is 5.84 Å². The topological polar surface area (TPSA) is 67.8 Å². The quantitative estimate of drug-likeness (QED) is 0.239. The fraction of sp³-hybridized carbons (Fsp3) is 0.562. The Hall–Kier alpha value is -1.62. The first kappa shape index (κ1) is 17.4. The van der Waals surface area contributed by atoms with Crippen LogP contribution >= 0.6 is 0 Å². The molecule has 1 atom stereocenters. The molecule has 4 nitrogen and oxygen atoms in total. The molecule has 0 aliphatic carbocycles. The molecule has 0 spiro atoms. The Bertz CT molecular complexity index is 464. The number of halogens is 1. The van der Waals surface area contributed by atoms with Crippen LogP contribution in [0.15, 0.2) is 23.4 Å². The van der Waals surface area contributed by atoms with E-state index in [4.69, 9.17) is 15.7 Å². The Morgan fingerprint density at radius 1 is 1.33 bits per heavy atom. The second kappa shape index (κ2) is 9.34. The summed E-state index contributed by atoms with van der Waals surface area (Å²) >= 11 is 0. The van der Waals surface area contributed by atoms with Crippen LogP contribution in [0.25, 0.3) is 0 Å². The van der Waals surface area contributed by atoms with Gasteiger partial charge in [-0.15, -0.1) is 0 Å². The number of rotatable bonds is 9. The summed E-state index contributed by atoms with van der Waals surface area (Å²) in [5.74, 6) is -0.531. The SMILES string of the molecule is CCCCCCC(C)OCc1cc(F)cc(/C(N)=N/O)c1. The van der Waals surface area contributed by atoms with Crippen molar-refractivity contribution in [3.8, 4) is 0 Å². The maximum atomic E-state index is 13.5. The molecule has 0 bridgehead atoms. The van der Waals surface area contributed by atoms with Gasteiger partial charge in [-0.25, -0.2) is 4.39 Å². The third kappa shape index (κ3) is 6.58. The third-order valence-corrected chi connectivity index (χ3v) is 3.36. The Morgan fingerprint density at radius 2 is 2.10 bits per heavy atom. The third-order valence-electron chi connectivity index (χ3n) is 3.36. The van der Waals surface area contributed by atoms with E-state index in [1.807, 2.05) is 6.92 Å². The maximum absolute atomic E-state index is 13.5. The van der Waals surface area contributed by atoms with Crippen molar-refractivity contribution in [1.82, 2.24) is 0 Å². The highest BCUT2D eigenvalue weighted by atomic mass is 19.1. The zero-order valence-electron chi connectivity index (χ0n) is 12.8. The Kier molecular flexibility index (Phi) is 7.75. The summed E-state index contributed by atoms with van der Waals surface area (Å²) in [4.78, 5) is 0. The van der Waals surface area contributed by atoms with Gasteiger partial charge in [-0.05, 0) is 37.1 Å². The number of oxime groups is 1. The molecule has 0 radical (unpaired) electrons. The summed E-state index contributed by atoms with van der Waals surface area (Å²) in [7, 11) is 0. The number of nitrogens with zero attached hydrogens (tertiary/aromatic N) is 1. The van der Waals surface area contributed by atoms with Crippen molar-refractivity contribution in [1.29, 1.82) is 0 Å². The van der Waals surface area contributed by atoms with Gasteiger partial charge in [-0.1, -0.05) is 37.8 Å².